The number of carbonyl (C=O) groups excluding carboxylic acids is 1. The first-order valence-corrected chi connectivity index (χ1v) is 11.2. The Kier molecular flexibility index (Phi) is 6.54. The molecule has 1 unspecified atom stereocenters. The van der Waals surface area contributed by atoms with Crippen LogP contribution in [0.3, 0.4) is 0 Å². The number of carbonyl (C=O) groups is 1. The van der Waals surface area contributed by atoms with Crippen LogP contribution in [-0.2, 0) is 9.47 Å². The molecule has 3 heterocycles. The van der Waals surface area contributed by atoms with Crippen molar-refractivity contribution in [1.29, 1.82) is 0 Å². The van der Waals surface area contributed by atoms with Crippen LogP contribution >= 0.6 is 0 Å². The Labute approximate surface area is 179 Å². The largest absolute Gasteiger partial charge is 0.462 e. The van der Waals surface area contributed by atoms with Gasteiger partial charge in [0, 0.05) is 44.3 Å². The number of aromatic nitrogens is 1. The maximum atomic E-state index is 12.8. The fourth-order valence-electron chi connectivity index (χ4n) is 4.76. The summed E-state index contributed by atoms with van der Waals surface area (Å²) >= 11 is 0. The molecule has 0 spiro atoms. The van der Waals surface area contributed by atoms with Gasteiger partial charge in [0.05, 0.1) is 31.0 Å². The highest BCUT2D eigenvalue weighted by Crippen LogP contribution is 2.35. The van der Waals surface area contributed by atoms with E-state index in [1.54, 1.807) is 6.20 Å². The number of fused-ring (bicyclic) bond motifs is 1. The summed E-state index contributed by atoms with van der Waals surface area (Å²) in [4.78, 5) is 22.4. The third-order valence-electron chi connectivity index (χ3n) is 6.49. The van der Waals surface area contributed by atoms with E-state index in [0.29, 0.717) is 18.1 Å². The zero-order valence-electron chi connectivity index (χ0n) is 18.4. The quantitative estimate of drug-likeness (QED) is 0.701. The van der Waals surface area contributed by atoms with E-state index in [0.717, 1.165) is 68.9 Å². The number of nitrogens with zero attached hydrogens (tertiary/aromatic N) is 3. The second-order valence-corrected chi connectivity index (χ2v) is 8.51. The molecule has 0 saturated carbocycles. The lowest BCUT2D eigenvalue weighted by Gasteiger charge is -2.38. The second kappa shape index (κ2) is 9.31. The van der Waals surface area contributed by atoms with Crippen molar-refractivity contribution in [2.24, 2.45) is 5.92 Å². The minimum atomic E-state index is -0.282. The Morgan fingerprint density at radius 2 is 2.03 bits per heavy atom. The van der Waals surface area contributed by atoms with Gasteiger partial charge < -0.3 is 14.4 Å². The van der Waals surface area contributed by atoms with Gasteiger partial charge in [-0.15, -0.1) is 0 Å². The molecule has 6 nitrogen and oxygen atoms in total. The molecular weight excluding hydrogens is 378 g/mol. The van der Waals surface area contributed by atoms with Crippen molar-refractivity contribution in [2.75, 3.05) is 57.4 Å². The van der Waals surface area contributed by atoms with Crippen molar-refractivity contribution in [3.05, 3.63) is 35.0 Å². The van der Waals surface area contributed by atoms with Crippen LogP contribution < -0.4 is 4.90 Å². The Balaban J connectivity index is 1.68. The lowest BCUT2D eigenvalue weighted by atomic mass is 9.94. The Morgan fingerprint density at radius 1 is 1.23 bits per heavy atom. The summed E-state index contributed by atoms with van der Waals surface area (Å²) in [6, 6.07) is 4.25. The summed E-state index contributed by atoms with van der Waals surface area (Å²) < 4.78 is 10.9. The van der Waals surface area contributed by atoms with Crippen LogP contribution in [0, 0.1) is 19.8 Å². The van der Waals surface area contributed by atoms with Gasteiger partial charge in [-0.25, -0.2) is 4.79 Å². The summed E-state index contributed by atoms with van der Waals surface area (Å²) in [6.07, 6.45) is 4.07. The standard InChI is InChI=1S/C24H33N3O3/c1-4-30-24(28)21-14-25-22-18(3)17(2)7-8-20(22)23(21)27-9-5-6-19(16-27)15-26-10-12-29-13-11-26/h7-8,14,19H,4-6,9-13,15-16H2,1-3H3. The molecule has 2 fully saturated rings. The van der Waals surface area contributed by atoms with Gasteiger partial charge in [0.25, 0.3) is 0 Å². The van der Waals surface area contributed by atoms with E-state index in [1.165, 1.54) is 17.5 Å². The third kappa shape index (κ3) is 4.30. The van der Waals surface area contributed by atoms with Gasteiger partial charge >= 0.3 is 5.97 Å². The van der Waals surface area contributed by atoms with E-state index < -0.39 is 0 Å². The highest BCUT2D eigenvalue weighted by Gasteiger charge is 2.28. The second-order valence-electron chi connectivity index (χ2n) is 8.51. The zero-order valence-corrected chi connectivity index (χ0v) is 18.4. The topological polar surface area (TPSA) is 54.9 Å². The molecule has 0 radical (unpaired) electrons. The average molecular weight is 412 g/mol. The number of ether oxygens (including phenoxy) is 2. The van der Waals surface area contributed by atoms with Gasteiger partial charge in [-0.3, -0.25) is 9.88 Å². The third-order valence-corrected chi connectivity index (χ3v) is 6.49. The van der Waals surface area contributed by atoms with Gasteiger partial charge in [-0.1, -0.05) is 12.1 Å². The monoisotopic (exact) mass is 411 g/mol. The van der Waals surface area contributed by atoms with E-state index in [1.807, 2.05) is 6.92 Å². The maximum Gasteiger partial charge on any atom is 0.341 e. The first-order chi connectivity index (χ1) is 14.6. The molecule has 30 heavy (non-hydrogen) atoms. The van der Waals surface area contributed by atoms with Crippen LogP contribution in [0.25, 0.3) is 10.9 Å². The van der Waals surface area contributed by atoms with E-state index in [-0.39, 0.29) is 5.97 Å². The van der Waals surface area contributed by atoms with Gasteiger partial charge in [0.1, 0.15) is 5.56 Å². The molecule has 0 N–H and O–H groups in total. The van der Waals surface area contributed by atoms with Crippen molar-refractivity contribution in [2.45, 2.75) is 33.6 Å². The van der Waals surface area contributed by atoms with E-state index in [4.69, 9.17) is 9.47 Å². The highest BCUT2D eigenvalue weighted by molar-refractivity contribution is 6.06. The number of hydrogen-bond donors (Lipinski definition) is 0. The molecule has 6 heteroatoms. The Bertz CT molecular complexity index is 908. The summed E-state index contributed by atoms with van der Waals surface area (Å²) in [5, 5.41) is 1.05. The molecule has 1 atom stereocenters. The fraction of sp³-hybridized carbons (Fsp3) is 0.583. The number of morpholine rings is 1. The van der Waals surface area contributed by atoms with Crippen LogP contribution in [0.2, 0.25) is 0 Å². The maximum absolute atomic E-state index is 12.8. The van der Waals surface area contributed by atoms with Crippen molar-refractivity contribution in [3.8, 4) is 0 Å². The van der Waals surface area contributed by atoms with E-state index in [2.05, 4.69) is 40.8 Å². The van der Waals surface area contributed by atoms with Crippen LogP contribution in [0.15, 0.2) is 18.3 Å². The lowest BCUT2D eigenvalue weighted by Crippen LogP contribution is -2.45. The number of hydrogen-bond acceptors (Lipinski definition) is 6. The minimum absolute atomic E-state index is 0.282. The molecule has 2 aromatic rings. The Morgan fingerprint density at radius 3 is 2.80 bits per heavy atom. The molecule has 2 saturated heterocycles. The molecule has 1 aromatic heterocycles. The number of aryl methyl sites for hydroxylation is 2. The van der Waals surface area contributed by atoms with Crippen molar-refractivity contribution in [3.63, 3.8) is 0 Å². The highest BCUT2D eigenvalue weighted by atomic mass is 16.5. The summed E-state index contributed by atoms with van der Waals surface area (Å²) in [6.45, 7) is 13.1. The molecular formula is C24H33N3O3. The molecule has 1 aromatic carbocycles. The number of rotatable bonds is 5. The van der Waals surface area contributed by atoms with Gasteiger partial charge in [-0.2, -0.15) is 0 Å². The number of piperidine rings is 1. The van der Waals surface area contributed by atoms with Gasteiger partial charge in [0.2, 0.25) is 0 Å². The lowest BCUT2D eigenvalue weighted by molar-refractivity contribution is 0.0296. The SMILES string of the molecule is CCOC(=O)c1cnc2c(C)c(C)ccc2c1N1CCCC(CN2CCOCC2)C1. The smallest absolute Gasteiger partial charge is 0.341 e. The van der Waals surface area contributed by atoms with Crippen LogP contribution in [0.4, 0.5) is 5.69 Å². The van der Waals surface area contributed by atoms with Crippen molar-refractivity contribution in [1.82, 2.24) is 9.88 Å². The molecule has 0 aliphatic carbocycles. The predicted molar refractivity (Wildman–Crippen MR) is 119 cm³/mol. The van der Waals surface area contributed by atoms with E-state index >= 15 is 0 Å². The minimum Gasteiger partial charge on any atom is -0.462 e. The molecule has 4 rings (SSSR count). The van der Waals surface area contributed by atoms with Crippen molar-refractivity contribution < 1.29 is 14.3 Å². The number of pyridine rings is 1. The van der Waals surface area contributed by atoms with Crippen LogP contribution in [0.1, 0.15) is 41.3 Å². The number of esters is 1. The van der Waals surface area contributed by atoms with Gasteiger partial charge in [-0.05, 0) is 50.7 Å². The fourth-order valence-corrected chi connectivity index (χ4v) is 4.76. The molecule has 0 bridgehead atoms. The number of benzene rings is 1. The first-order valence-electron chi connectivity index (χ1n) is 11.2. The van der Waals surface area contributed by atoms with Crippen LogP contribution in [0.5, 0.6) is 0 Å². The molecule has 0 amide bonds. The van der Waals surface area contributed by atoms with Crippen molar-refractivity contribution >= 4 is 22.6 Å². The van der Waals surface area contributed by atoms with Crippen LogP contribution in [-0.4, -0.2) is 68.4 Å². The molecule has 2 aliphatic rings. The molecule has 2 aliphatic heterocycles. The first kappa shape index (κ1) is 21.1. The van der Waals surface area contributed by atoms with E-state index in [9.17, 15) is 4.79 Å². The zero-order chi connectivity index (χ0) is 21.1. The normalized spacial score (nSPS) is 20.5. The Hall–Kier alpha value is -2.18. The average Bonchev–Trinajstić information content (AvgIpc) is 2.76. The predicted octanol–water partition coefficient (Wildman–Crippen LogP) is 3.58. The molecule has 162 valence electrons. The number of anilines is 1. The summed E-state index contributed by atoms with van der Waals surface area (Å²) in [5.74, 6) is 0.303. The summed E-state index contributed by atoms with van der Waals surface area (Å²) in [7, 11) is 0. The summed E-state index contributed by atoms with van der Waals surface area (Å²) in [5.41, 5.74) is 4.95. The van der Waals surface area contributed by atoms with Gasteiger partial charge in [0.15, 0.2) is 0 Å².